The Labute approximate surface area is 220 Å². The number of anilines is 1. The van der Waals surface area contributed by atoms with Crippen molar-refractivity contribution in [2.45, 2.75) is 38.5 Å². The summed E-state index contributed by atoms with van der Waals surface area (Å²) in [7, 11) is 0. The summed E-state index contributed by atoms with van der Waals surface area (Å²) >= 11 is 6.39. The molecule has 2 aliphatic rings. The number of benzene rings is 3. The third kappa shape index (κ3) is 3.67. The third-order valence-electron chi connectivity index (χ3n) is 7.74. The highest BCUT2D eigenvalue weighted by atomic mass is 35.5. The van der Waals surface area contributed by atoms with Gasteiger partial charge in [0.05, 0.1) is 5.41 Å². The molecular formula is C33H34ClN2+. The van der Waals surface area contributed by atoms with E-state index < -0.39 is 0 Å². The van der Waals surface area contributed by atoms with Crippen LogP contribution >= 0.6 is 11.6 Å². The molecule has 0 radical (unpaired) electrons. The summed E-state index contributed by atoms with van der Waals surface area (Å²) in [6.45, 7) is 18.8. The van der Waals surface area contributed by atoms with Crippen molar-refractivity contribution in [3.63, 3.8) is 0 Å². The second kappa shape index (κ2) is 8.94. The lowest BCUT2D eigenvalue weighted by Gasteiger charge is -2.26. The maximum atomic E-state index is 6.39. The van der Waals surface area contributed by atoms with Crippen LogP contribution in [0.2, 0.25) is 5.02 Å². The van der Waals surface area contributed by atoms with Crippen molar-refractivity contribution in [3.8, 4) is 0 Å². The lowest BCUT2D eigenvalue weighted by atomic mass is 9.79. The van der Waals surface area contributed by atoms with Crippen LogP contribution in [0.4, 0.5) is 11.4 Å². The summed E-state index contributed by atoms with van der Waals surface area (Å²) < 4.78 is 2.40. The Morgan fingerprint density at radius 2 is 1.72 bits per heavy atom. The number of allylic oxidation sites excluding steroid dienone is 4. The number of halogens is 1. The van der Waals surface area contributed by atoms with Crippen LogP contribution in [0.25, 0.3) is 10.8 Å². The van der Waals surface area contributed by atoms with E-state index in [2.05, 4.69) is 117 Å². The molecule has 0 saturated heterocycles. The Morgan fingerprint density at radius 3 is 2.47 bits per heavy atom. The first-order chi connectivity index (χ1) is 17.2. The maximum absolute atomic E-state index is 6.39. The fourth-order valence-corrected chi connectivity index (χ4v) is 6.24. The van der Waals surface area contributed by atoms with Gasteiger partial charge < -0.3 is 4.90 Å². The standard InChI is InChI=1S/C33H34ClN2/c1-7-20-35-27-19-17-24(34)22-26(27)32(3,4)29(35)14-11-15-30-33(5,6)31-25-13-10-9-12-23(25)16-18-28(31)36(30)21-8-2/h7-19,22H,1-2,20-21H2,3-6H3/q+1. The third-order valence-corrected chi connectivity index (χ3v) is 7.97. The van der Waals surface area contributed by atoms with Crippen LogP contribution in [0, 0.1) is 0 Å². The van der Waals surface area contributed by atoms with Gasteiger partial charge in [0.1, 0.15) is 0 Å². The summed E-state index contributed by atoms with van der Waals surface area (Å²) in [6.07, 6.45) is 10.7. The van der Waals surface area contributed by atoms with Gasteiger partial charge in [0.25, 0.3) is 0 Å². The molecule has 0 aromatic heterocycles. The number of nitrogens with zero attached hydrogens (tertiary/aromatic N) is 2. The molecule has 0 fully saturated rings. The molecule has 5 rings (SSSR count). The van der Waals surface area contributed by atoms with Crippen molar-refractivity contribution in [2.24, 2.45) is 0 Å². The molecule has 0 saturated carbocycles. The van der Waals surface area contributed by atoms with Gasteiger partial charge in [-0.25, -0.2) is 0 Å². The zero-order valence-corrected chi connectivity index (χ0v) is 22.4. The monoisotopic (exact) mass is 493 g/mol. The van der Waals surface area contributed by atoms with Crippen LogP contribution in [0.5, 0.6) is 0 Å². The molecule has 36 heavy (non-hydrogen) atoms. The molecule has 3 aromatic rings. The minimum Gasteiger partial charge on any atom is -0.340 e. The highest BCUT2D eigenvalue weighted by Crippen LogP contribution is 2.49. The highest BCUT2D eigenvalue weighted by Gasteiger charge is 2.45. The molecule has 3 aromatic carbocycles. The average Bonchev–Trinajstić information content (AvgIpc) is 3.19. The minimum absolute atomic E-state index is 0.142. The lowest BCUT2D eigenvalue weighted by molar-refractivity contribution is -0.425. The van der Waals surface area contributed by atoms with Crippen molar-refractivity contribution in [1.82, 2.24) is 0 Å². The second-order valence-corrected chi connectivity index (χ2v) is 11.1. The first kappa shape index (κ1) is 24.3. The summed E-state index contributed by atoms with van der Waals surface area (Å²) in [5.74, 6) is 0. The average molecular weight is 494 g/mol. The van der Waals surface area contributed by atoms with E-state index in [1.807, 2.05) is 18.2 Å². The Morgan fingerprint density at radius 1 is 0.944 bits per heavy atom. The quantitative estimate of drug-likeness (QED) is 0.246. The normalized spacial score (nSPS) is 18.8. The smallest absolute Gasteiger partial charge is 0.210 e. The van der Waals surface area contributed by atoms with Crippen LogP contribution in [-0.2, 0) is 10.8 Å². The fraction of sp³-hybridized carbons (Fsp3) is 0.242. The summed E-state index contributed by atoms with van der Waals surface area (Å²) in [5.41, 5.74) is 7.30. The molecule has 0 unspecified atom stereocenters. The van der Waals surface area contributed by atoms with E-state index in [1.165, 1.54) is 44.7 Å². The van der Waals surface area contributed by atoms with Crippen molar-refractivity contribution in [3.05, 3.63) is 120 Å². The molecule has 0 N–H and O–H groups in total. The Hall–Kier alpha value is -3.36. The summed E-state index contributed by atoms with van der Waals surface area (Å²) in [5, 5.41) is 3.36. The van der Waals surface area contributed by atoms with Crippen molar-refractivity contribution >= 4 is 39.5 Å². The van der Waals surface area contributed by atoms with Crippen LogP contribution < -0.4 is 4.90 Å². The molecule has 0 spiro atoms. The van der Waals surface area contributed by atoms with Gasteiger partial charge in [0.2, 0.25) is 5.69 Å². The van der Waals surface area contributed by atoms with E-state index in [1.54, 1.807) is 0 Å². The molecule has 0 bridgehead atoms. The van der Waals surface area contributed by atoms with E-state index in [-0.39, 0.29) is 10.8 Å². The summed E-state index contributed by atoms with van der Waals surface area (Å²) in [6, 6.07) is 19.4. The predicted octanol–water partition coefficient (Wildman–Crippen LogP) is 8.48. The van der Waals surface area contributed by atoms with Gasteiger partial charge in [-0.05, 0) is 66.6 Å². The van der Waals surface area contributed by atoms with Crippen LogP contribution in [-0.4, -0.2) is 23.4 Å². The molecule has 0 aliphatic carbocycles. The number of fused-ring (bicyclic) bond motifs is 4. The van der Waals surface area contributed by atoms with Gasteiger partial charge in [0, 0.05) is 46.1 Å². The van der Waals surface area contributed by atoms with Gasteiger partial charge >= 0.3 is 0 Å². The molecule has 2 nitrogen and oxygen atoms in total. The first-order valence-corrected chi connectivity index (χ1v) is 12.9. The molecule has 0 amide bonds. The van der Waals surface area contributed by atoms with Gasteiger partial charge in [-0.3, -0.25) is 0 Å². The van der Waals surface area contributed by atoms with E-state index in [4.69, 9.17) is 11.6 Å². The number of hydrogen-bond donors (Lipinski definition) is 0. The number of hydrogen-bond acceptors (Lipinski definition) is 1. The van der Waals surface area contributed by atoms with Crippen molar-refractivity contribution in [1.29, 1.82) is 0 Å². The van der Waals surface area contributed by atoms with Crippen LogP contribution in [0.3, 0.4) is 0 Å². The van der Waals surface area contributed by atoms with E-state index in [9.17, 15) is 0 Å². The molecular weight excluding hydrogens is 460 g/mol. The van der Waals surface area contributed by atoms with Crippen LogP contribution in [0.1, 0.15) is 38.8 Å². The van der Waals surface area contributed by atoms with Gasteiger partial charge in [0.15, 0.2) is 12.3 Å². The van der Waals surface area contributed by atoms with Gasteiger partial charge in [-0.2, -0.15) is 4.58 Å². The summed E-state index contributed by atoms with van der Waals surface area (Å²) in [4.78, 5) is 2.34. The highest BCUT2D eigenvalue weighted by molar-refractivity contribution is 6.30. The second-order valence-electron chi connectivity index (χ2n) is 10.7. The molecule has 0 atom stereocenters. The Bertz CT molecular complexity index is 1480. The largest absolute Gasteiger partial charge is 0.340 e. The van der Waals surface area contributed by atoms with Crippen LogP contribution in [0.15, 0.2) is 104 Å². The Balaban J connectivity index is 1.61. The van der Waals surface area contributed by atoms with E-state index in [0.717, 1.165) is 18.1 Å². The zero-order chi connectivity index (χ0) is 25.7. The van der Waals surface area contributed by atoms with E-state index in [0.29, 0.717) is 0 Å². The SMILES string of the molecule is C=CCN1C(=CC=CC2=[N+](CC=C)c3ccc4ccccc4c3C2(C)C)C(C)(C)c2cc(Cl)ccc21. The lowest BCUT2D eigenvalue weighted by Crippen LogP contribution is -2.28. The molecule has 182 valence electrons. The fourth-order valence-electron chi connectivity index (χ4n) is 6.07. The molecule has 2 aliphatic heterocycles. The van der Waals surface area contributed by atoms with Gasteiger partial charge in [-0.1, -0.05) is 68.4 Å². The predicted molar refractivity (Wildman–Crippen MR) is 156 cm³/mol. The molecule has 2 heterocycles. The van der Waals surface area contributed by atoms with Crippen molar-refractivity contribution < 1.29 is 4.58 Å². The maximum Gasteiger partial charge on any atom is 0.210 e. The molecule has 3 heteroatoms. The first-order valence-electron chi connectivity index (χ1n) is 12.6. The Kier molecular flexibility index (Phi) is 6.04. The van der Waals surface area contributed by atoms with E-state index >= 15 is 0 Å². The van der Waals surface area contributed by atoms with Crippen molar-refractivity contribution in [2.75, 3.05) is 18.0 Å². The number of rotatable bonds is 6. The minimum atomic E-state index is -0.163. The topological polar surface area (TPSA) is 6.25 Å². The van der Waals surface area contributed by atoms with Gasteiger partial charge in [-0.15, -0.1) is 6.58 Å². The zero-order valence-electron chi connectivity index (χ0n) is 21.7.